The molecule has 0 bridgehead atoms. The Kier molecular flexibility index (Phi) is 3.97. The highest BCUT2D eigenvalue weighted by Crippen LogP contribution is 2.47. The van der Waals surface area contributed by atoms with Crippen molar-refractivity contribution in [1.82, 2.24) is 0 Å². The fourth-order valence-electron chi connectivity index (χ4n) is 2.74. The van der Waals surface area contributed by atoms with Crippen LogP contribution in [-0.2, 0) is 0 Å². The molecule has 0 fully saturated rings. The van der Waals surface area contributed by atoms with E-state index in [-0.39, 0.29) is 22.3 Å². The van der Waals surface area contributed by atoms with Crippen molar-refractivity contribution in [2.75, 3.05) is 0 Å². The fraction of sp³-hybridized carbons (Fsp3) is 1.00. The van der Waals surface area contributed by atoms with Gasteiger partial charge in [-0.05, 0) is 16.2 Å². The van der Waals surface area contributed by atoms with Crippen LogP contribution in [0.25, 0.3) is 0 Å². The van der Waals surface area contributed by atoms with Crippen LogP contribution in [0.3, 0.4) is 0 Å². The minimum Gasteiger partial charge on any atom is -0.326 e. The lowest BCUT2D eigenvalue weighted by Crippen LogP contribution is -2.72. The molecular formula is C14H32N2. The van der Waals surface area contributed by atoms with Crippen LogP contribution in [0.2, 0.25) is 0 Å². The highest BCUT2D eigenvalue weighted by atomic mass is 14.9. The van der Waals surface area contributed by atoms with Crippen molar-refractivity contribution in [3.05, 3.63) is 0 Å². The second-order valence-corrected chi connectivity index (χ2v) is 8.21. The molecule has 0 aromatic heterocycles. The van der Waals surface area contributed by atoms with E-state index in [4.69, 9.17) is 11.5 Å². The van der Waals surface area contributed by atoms with Gasteiger partial charge in [-0.3, -0.25) is 0 Å². The third kappa shape index (κ3) is 2.60. The molecule has 16 heavy (non-hydrogen) atoms. The largest absolute Gasteiger partial charge is 0.326 e. The Labute approximate surface area is 102 Å². The van der Waals surface area contributed by atoms with Gasteiger partial charge in [-0.1, -0.05) is 62.3 Å². The molecule has 2 nitrogen and oxygen atoms in total. The third-order valence-corrected chi connectivity index (χ3v) is 3.91. The zero-order valence-corrected chi connectivity index (χ0v) is 12.7. The number of nitrogens with two attached hydrogens (primary N) is 2. The third-order valence-electron chi connectivity index (χ3n) is 3.91. The van der Waals surface area contributed by atoms with Crippen LogP contribution in [-0.4, -0.2) is 11.6 Å². The van der Waals surface area contributed by atoms with Gasteiger partial charge in [0.05, 0.1) is 0 Å². The summed E-state index contributed by atoms with van der Waals surface area (Å²) in [7, 11) is 0. The Morgan fingerprint density at radius 2 is 0.938 bits per heavy atom. The first-order valence-corrected chi connectivity index (χ1v) is 6.20. The Morgan fingerprint density at radius 3 is 1.00 bits per heavy atom. The van der Waals surface area contributed by atoms with E-state index in [1.165, 1.54) is 0 Å². The average molecular weight is 228 g/mol. The van der Waals surface area contributed by atoms with E-state index in [2.05, 4.69) is 62.3 Å². The van der Waals surface area contributed by atoms with Crippen molar-refractivity contribution in [2.24, 2.45) is 27.7 Å². The van der Waals surface area contributed by atoms with Crippen LogP contribution in [0.5, 0.6) is 0 Å². The second kappa shape index (κ2) is 3.99. The summed E-state index contributed by atoms with van der Waals surface area (Å²) in [5.41, 5.74) is 12.8. The maximum atomic E-state index is 6.76. The SMILES string of the molecule is CC(C)(C)C(N)C(N)(C(C)(C)C)C(C)(C)C. The van der Waals surface area contributed by atoms with Gasteiger partial charge in [-0.2, -0.15) is 0 Å². The summed E-state index contributed by atoms with van der Waals surface area (Å²) < 4.78 is 0. The van der Waals surface area contributed by atoms with Gasteiger partial charge in [0.25, 0.3) is 0 Å². The van der Waals surface area contributed by atoms with Crippen LogP contribution in [0.4, 0.5) is 0 Å². The van der Waals surface area contributed by atoms with E-state index >= 15 is 0 Å². The van der Waals surface area contributed by atoms with E-state index < -0.39 is 5.54 Å². The minimum absolute atomic E-state index is 0.00924. The summed E-state index contributed by atoms with van der Waals surface area (Å²) in [6.07, 6.45) is 0. The molecule has 0 aromatic rings. The lowest BCUT2D eigenvalue weighted by atomic mass is 9.53. The first-order valence-electron chi connectivity index (χ1n) is 6.20. The first-order chi connectivity index (χ1) is 6.65. The summed E-state index contributed by atoms with van der Waals surface area (Å²) in [5.74, 6) is 0. The number of hydrogen-bond acceptors (Lipinski definition) is 2. The topological polar surface area (TPSA) is 52.0 Å². The quantitative estimate of drug-likeness (QED) is 0.724. The van der Waals surface area contributed by atoms with Gasteiger partial charge in [0, 0.05) is 11.6 Å². The molecule has 0 aliphatic carbocycles. The van der Waals surface area contributed by atoms with Crippen molar-refractivity contribution in [2.45, 2.75) is 73.9 Å². The number of hydrogen-bond donors (Lipinski definition) is 2. The van der Waals surface area contributed by atoms with Crippen LogP contribution in [0.15, 0.2) is 0 Å². The van der Waals surface area contributed by atoms with Crippen molar-refractivity contribution >= 4 is 0 Å². The predicted molar refractivity (Wildman–Crippen MR) is 73.3 cm³/mol. The van der Waals surface area contributed by atoms with Crippen LogP contribution >= 0.6 is 0 Å². The maximum absolute atomic E-state index is 6.76. The van der Waals surface area contributed by atoms with Crippen LogP contribution in [0.1, 0.15) is 62.3 Å². The first kappa shape index (κ1) is 15.9. The molecule has 0 rings (SSSR count). The molecule has 1 atom stereocenters. The monoisotopic (exact) mass is 228 g/mol. The molecule has 0 heterocycles. The highest BCUT2D eigenvalue weighted by molar-refractivity contribution is 5.12. The summed E-state index contributed by atoms with van der Waals surface area (Å²) in [6, 6.07) is -0.0417. The van der Waals surface area contributed by atoms with Gasteiger partial charge in [-0.15, -0.1) is 0 Å². The molecule has 0 radical (unpaired) electrons. The van der Waals surface area contributed by atoms with Gasteiger partial charge in [0.15, 0.2) is 0 Å². The Bertz CT molecular complexity index is 221. The molecule has 98 valence electrons. The average Bonchev–Trinajstić information content (AvgIpc) is 1.95. The van der Waals surface area contributed by atoms with Gasteiger partial charge in [0.2, 0.25) is 0 Å². The minimum atomic E-state index is -0.405. The zero-order chi connectivity index (χ0) is 13.6. The molecule has 1 unspecified atom stereocenters. The molecular weight excluding hydrogens is 196 g/mol. The van der Waals surface area contributed by atoms with Gasteiger partial charge in [-0.25, -0.2) is 0 Å². The summed E-state index contributed by atoms with van der Waals surface area (Å²) in [6.45, 7) is 19.6. The van der Waals surface area contributed by atoms with Gasteiger partial charge < -0.3 is 11.5 Å². The van der Waals surface area contributed by atoms with Crippen molar-refractivity contribution in [3.63, 3.8) is 0 Å². The van der Waals surface area contributed by atoms with Crippen molar-refractivity contribution in [3.8, 4) is 0 Å². The van der Waals surface area contributed by atoms with Crippen molar-refractivity contribution < 1.29 is 0 Å². The molecule has 0 spiro atoms. The molecule has 0 saturated carbocycles. The Morgan fingerprint density at radius 1 is 0.688 bits per heavy atom. The molecule has 4 N–H and O–H groups in total. The smallest absolute Gasteiger partial charge is 0.0411 e. The summed E-state index contributed by atoms with van der Waals surface area (Å²) >= 11 is 0. The normalized spacial score (nSPS) is 17.4. The summed E-state index contributed by atoms with van der Waals surface area (Å²) in [5, 5.41) is 0. The van der Waals surface area contributed by atoms with E-state index in [0.29, 0.717) is 0 Å². The molecule has 0 aliphatic heterocycles. The molecule has 0 aromatic carbocycles. The predicted octanol–water partition coefficient (Wildman–Crippen LogP) is 3.15. The van der Waals surface area contributed by atoms with E-state index in [1.54, 1.807) is 0 Å². The second-order valence-electron chi connectivity index (χ2n) is 8.21. The van der Waals surface area contributed by atoms with Crippen LogP contribution < -0.4 is 11.5 Å². The Hall–Kier alpha value is -0.0800. The molecule has 0 saturated heterocycles. The highest BCUT2D eigenvalue weighted by Gasteiger charge is 2.54. The van der Waals surface area contributed by atoms with Gasteiger partial charge >= 0.3 is 0 Å². The maximum Gasteiger partial charge on any atom is 0.0411 e. The van der Waals surface area contributed by atoms with Crippen LogP contribution in [0, 0.1) is 16.2 Å². The van der Waals surface area contributed by atoms with E-state index in [9.17, 15) is 0 Å². The van der Waals surface area contributed by atoms with E-state index in [1.807, 2.05) is 0 Å². The molecule has 0 amide bonds. The lowest BCUT2D eigenvalue weighted by Gasteiger charge is -2.57. The summed E-state index contributed by atoms with van der Waals surface area (Å²) in [4.78, 5) is 0. The standard InChI is InChI=1S/C14H32N2/c1-11(2,3)10(15)14(16,12(4,5)6)13(7,8)9/h10H,15-16H2,1-9H3. The number of rotatable bonds is 1. The van der Waals surface area contributed by atoms with Gasteiger partial charge in [0.1, 0.15) is 0 Å². The van der Waals surface area contributed by atoms with Crippen molar-refractivity contribution in [1.29, 1.82) is 0 Å². The van der Waals surface area contributed by atoms with E-state index in [0.717, 1.165) is 0 Å². The molecule has 2 heteroatoms. The zero-order valence-electron chi connectivity index (χ0n) is 12.7. The molecule has 0 aliphatic rings. The Balaban J connectivity index is 5.63. The lowest BCUT2D eigenvalue weighted by molar-refractivity contribution is -0.000234. The fourth-order valence-corrected chi connectivity index (χ4v) is 2.74.